The summed E-state index contributed by atoms with van der Waals surface area (Å²) in [6.45, 7) is 2.07. The van der Waals surface area contributed by atoms with Gasteiger partial charge in [0.05, 0.1) is 9.82 Å². The molecule has 8 heteroatoms. The minimum Gasteiger partial charge on any atom is -0.303 e. The second-order valence-corrected chi connectivity index (χ2v) is 7.02. The van der Waals surface area contributed by atoms with E-state index in [0.717, 1.165) is 12.4 Å². The SMILES string of the molecule is Cc1ccc(S(=O)(=O)N2CCC(C=O)CC2)cc1[N+](=O)[O-]. The molecule has 1 fully saturated rings. The van der Waals surface area contributed by atoms with Gasteiger partial charge in [-0.1, -0.05) is 6.07 Å². The Kier molecular flexibility index (Phi) is 4.38. The molecule has 1 aliphatic heterocycles. The van der Waals surface area contributed by atoms with E-state index in [2.05, 4.69) is 0 Å². The molecule has 0 saturated carbocycles. The van der Waals surface area contributed by atoms with Crippen molar-refractivity contribution in [1.29, 1.82) is 0 Å². The number of nitro benzene ring substituents is 1. The summed E-state index contributed by atoms with van der Waals surface area (Å²) in [5.41, 5.74) is 0.206. The van der Waals surface area contributed by atoms with E-state index in [-0.39, 0.29) is 29.6 Å². The van der Waals surface area contributed by atoms with Crippen LogP contribution in [-0.4, -0.2) is 37.0 Å². The van der Waals surface area contributed by atoms with Gasteiger partial charge in [-0.15, -0.1) is 0 Å². The van der Waals surface area contributed by atoms with Crippen molar-refractivity contribution in [3.8, 4) is 0 Å². The number of rotatable bonds is 4. The Balaban J connectivity index is 2.30. The van der Waals surface area contributed by atoms with Crippen LogP contribution in [-0.2, 0) is 14.8 Å². The molecular formula is C13H16N2O5S. The number of aryl methyl sites for hydroxylation is 1. The maximum absolute atomic E-state index is 12.5. The van der Waals surface area contributed by atoms with Gasteiger partial charge >= 0.3 is 0 Å². The van der Waals surface area contributed by atoms with Gasteiger partial charge in [0.1, 0.15) is 6.29 Å². The van der Waals surface area contributed by atoms with E-state index >= 15 is 0 Å². The quantitative estimate of drug-likeness (QED) is 0.477. The third-order valence-corrected chi connectivity index (χ3v) is 5.60. The van der Waals surface area contributed by atoms with E-state index in [1.165, 1.54) is 16.4 Å². The van der Waals surface area contributed by atoms with Crippen LogP contribution in [0, 0.1) is 23.0 Å². The molecule has 0 aromatic heterocycles. The number of hydrogen-bond acceptors (Lipinski definition) is 5. The third-order valence-electron chi connectivity index (χ3n) is 3.71. The van der Waals surface area contributed by atoms with Crippen LogP contribution in [0.1, 0.15) is 18.4 Å². The first-order valence-corrected chi connectivity index (χ1v) is 8.00. The summed E-state index contributed by atoms with van der Waals surface area (Å²) in [7, 11) is -3.75. The van der Waals surface area contributed by atoms with Gasteiger partial charge in [0, 0.05) is 30.6 Å². The number of nitro groups is 1. The molecule has 1 saturated heterocycles. The lowest BCUT2D eigenvalue weighted by molar-refractivity contribution is -0.385. The first kappa shape index (κ1) is 15.6. The Hall–Kier alpha value is -1.80. The highest BCUT2D eigenvalue weighted by atomic mass is 32.2. The summed E-state index contributed by atoms with van der Waals surface area (Å²) >= 11 is 0. The lowest BCUT2D eigenvalue weighted by Crippen LogP contribution is -2.38. The maximum atomic E-state index is 12.5. The molecule has 114 valence electrons. The zero-order valence-electron chi connectivity index (χ0n) is 11.6. The maximum Gasteiger partial charge on any atom is 0.273 e. The third kappa shape index (κ3) is 3.11. The van der Waals surface area contributed by atoms with Crippen LogP contribution < -0.4 is 0 Å². The zero-order chi connectivity index (χ0) is 15.6. The van der Waals surface area contributed by atoms with Gasteiger partial charge in [-0.05, 0) is 25.8 Å². The first-order valence-electron chi connectivity index (χ1n) is 6.56. The number of aldehydes is 1. The van der Waals surface area contributed by atoms with Gasteiger partial charge in [0.2, 0.25) is 10.0 Å². The smallest absolute Gasteiger partial charge is 0.273 e. The number of hydrogen-bond donors (Lipinski definition) is 0. The van der Waals surface area contributed by atoms with Crippen molar-refractivity contribution in [2.75, 3.05) is 13.1 Å². The van der Waals surface area contributed by atoms with E-state index in [9.17, 15) is 23.3 Å². The van der Waals surface area contributed by atoms with Crippen LogP contribution in [0.25, 0.3) is 0 Å². The molecule has 1 aromatic carbocycles. The van der Waals surface area contributed by atoms with E-state index in [1.54, 1.807) is 6.92 Å². The number of carbonyl (C=O) groups is 1. The highest BCUT2D eigenvalue weighted by molar-refractivity contribution is 7.89. The zero-order valence-corrected chi connectivity index (χ0v) is 12.4. The molecule has 0 aliphatic carbocycles. The van der Waals surface area contributed by atoms with Crippen LogP contribution in [0.15, 0.2) is 23.1 Å². The molecule has 21 heavy (non-hydrogen) atoms. The number of benzene rings is 1. The topological polar surface area (TPSA) is 97.6 Å². The molecule has 0 radical (unpaired) electrons. The van der Waals surface area contributed by atoms with Crippen LogP contribution in [0.5, 0.6) is 0 Å². The molecule has 0 spiro atoms. The van der Waals surface area contributed by atoms with Crippen LogP contribution in [0.3, 0.4) is 0 Å². The summed E-state index contributed by atoms with van der Waals surface area (Å²) in [5, 5.41) is 10.9. The minimum atomic E-state index is -3.75. The number of piperidine rings is 1. The monoisotopic (exact) mass is 312 g/mol. The molecule has 0 N–H and O–H groups in total. The summed E-state index contributed by atoms with van der Waals surface area (Å²) < 4.78 is 26.2. The lowest BCUT2D eigenvalue weighted by atomic mass is 10.0. The molecule has 0 amide bonds. The van der Waals surface area contributed by atoms with Crippen molar-refractivity contribution in [2.24, 2.45) is 5.92 Å². The lowest BCUT2D eigenvalue weighted by Gasteiger charge is -2.28. The standard InChI is InChI=1S/C13H16N2O5S/c1-10-2-3-12(8-13(10)15(17)18)21(19,20)14-6-4-11(9-16)5-7-14/h2-3,8-9,11H,4-7H2,1H3. The summed E-state index contributed by atoms with van der Waals surface area (Å²) in [6.07, 6.45) is 1.81. The van der Waals surface area contributed by atoms with E-state index in [0.29, 0.717) is 18.4 Å². The predicted octanol–water partition coefficient (Wildman–Crippen LogP) is 1.50. The van der Waals surface area contributed by atoms with Gasteiger partial charge in [0.25, 0.3) is 5.69 Å². The fraction of sp³-hybridized carbons (Fsp3) is 0.462. The molecule has 1 heterocycles. The highest BCUT2D eigenvalue weighted by Crippen LogP contribution is 2.27. The largest absolute Gasteiger partial charge is 0.303 e. The predicted molar refractivity (Wildman–Crippen MR) is 75.4 cm³/mol. The van der Waals surface area contributed by atoms with Crippen LogP contribution in [0.2, 0.25) is 0 Å². The van der Waals surface area contributed by atoms with Gasteiger partial charge in [-0.2, -0.15) is 4.31 Å². The molecule has 0 unspecified atom stereocenters. The van der Waals surface area contributed by atoms with Crippen molar-refractivity contribution in [3.63, 3.8) is 0 Å². The number of sulfonamides is 1. The molecular weight excluding hydrogens is 296 g/mol. The fourth-order valence-electron chi connectivity index (χ4n) is 2.35. The van der Waals surface area contributed by atoms with Crippen molar-refractivity contribution in [1.82, 2.24) is 4.31 Å². The van der Waals surface area contributed by atoms with Gasteiger partial charge in [-0.25, -0.2) is 8.42 Å². The molecule has 1 aliphatic rings. The Labute approximate surface area is 122 Å². The van der Waals surface area contributed by atoms with Crippen molar-refractivity contribution in [2.45, 2.75) is 24.7 Å². The summed E-state index contributed by atoms with van der Waals surface area (Å²) in [5.74, 6) is -0.108. The van der Waals surface area contributed by atoms with Crippen LogP contribution in [0.4, 0.5) is 5.69 Å². The Morgan fingerprint density at radius 2 is 1.95 bits per heavy atom. The fourth-order valence-corrected chi connectivity index (χ4v) is 3.84. The van der Waals surface area contributed by atoms with Gasteiger partial charge in [0.15, 0.2) is 0 Å². The molecule has 2 rings (SSSR count). The number of nitrogens with zero attached hydrogens (tertiary/aromatic N) is 2. The Morgan fingerprint density at radius 1 is 1.33 bits per heavy atom. The van der Waals surface area contributed by atoms with E-state index < -0.39 is 14.9 Å². The Morgan fingerprint density at radius 3 is 2.48 bits per heavy atom. The minimum absolute atomic E-state index is 0.0793. The summed E-state index contributed by atoms with van der Waals surface area (Å²) in [6, 6.07) is 3.91. The average molecular weight is 312 g/mol. The van der Waals surface area contributed by atoms with E-state index in [1.807, 2.05) is 0 Å². The van der Waals surface area contributed by atoms with Crippen molar-refractivity contribution < 1.29 is 18.1 Å². The highest BCUT2D eigenvalue weighted by Gasteiger charge is 2.30. The van der Waals surface area contributed by atoms with Gasteiger partial charge < -0.3 is 4.79 Å². The van der Waals surface area contributed by atoms with E-state index in [4.69, 9.17) is 0 Å². The normalized spacial score (nSPS) is 17.6. The Bertz CT molecular complexity index is 663. The second-order valence-electron chi connectivity index (χ2n) is 5.08. The molecule has 0 bridgehead atoms. The summed E-state index contributed by atoms with van der Waals surface area (Å²) in [4.78, 5) is 20.9. The molecule has 1 aromatic rings. The second kappa shape index (κ2) is 5.90. The molecule has 0 atom stereocenters. The molecule has 7 nitrogen and oxygen atoms in total. The van der Waals surface area contributed by atoms with Crippen LogP contribution >= 0.6 is 0 Å². The van der Waals surface area contributed by atoms with Crippen molar-refractivity contribution >= 4 is 22.0 Å². The van der Waals surface area contributed by atoms with Crippen molar-refractivity contribution in [3.05, 3.63) is 33.9 Å². The first-order chi connectivity index (χ1) is 9.86. The van der Waals surface area contributed by atoms with Gasteiger partial charge in [-0.3, -0.25) is 10.1 Å². The average Bonchev–Trinajstić information content (AvgIpc) is 2.47. The number of carbonyl (C=O) groups excluding carboxylic acids is 1.